The van der Waals surface area contributed by atoms with Crippen molar-refractivity contribution in [1.29, 1.82) is 0 Å². The average molecular weight is 381 g/mol. The highest BCUT2D eigenvalue weighted by molar-refractivity contribution is 5.17. The van der Waals surface area contributed by atoms with Crippen molar-refractivity contribution in [3.63, 3.8) is 0 Å². The normalized spacial score (nSPS) is 24.5. The van der Waals surface area contributed by atoms with Crippen LogP contribution in [0, 0.1) is 16.0 Å². The first-order valence-corrected chi connectivity index (χ1v) is 10.3. The van der Waals surface area contributed by atoms with Gasteiger partial charge in [0.1, 0.15) is 0 Å². The lowest BCUT2D eigenvalue weighted by atomic mass is 9.93. The second kappa shape index (κ2) is 13.0. The summed E-state index contributed by atoms with van der Waals surface area (Å²) in [6.07, 6.45) is 9.22. The standard InChI is InChI=1S/C19H36N6O2/c20-18(3-1-2-17-4-6-19(7-5-17)25(26)27)16-24-14-12-22-10-8-21-9-11-23-13-15-24/h4,6-7,17-18,21-23H,1-3,5,8-16,20H2. The van der Waals surface area contributed by atoms with Gasteiger partial charge in [0.2, 0.25) is 0 Å². The van der Waals surface area contributed by atoms with E-state index in [1.807, 2.05) is 6.08 Å². The maximum absolute atomic E-state index is 10.7. The van der Waals surface area contributed by atoms with Gasteiger partial charge in [-0.1, -0.05) is 12.5 Å². The molecule has 1 saturated heterocycles. The van der Waals surface area contributed by atoms with Gasteiger partial charge in [-0.15, -0.1) is 0 Å². The molecular weight excluding hydrogens is 344 g/mol. The molecule has 1 fully saturated rings. The second-order valence-corrected chi connectivity index (χ2v) is 7.48. The Morgan fingerprint density at radius 1 is 1.15 bits per heavy atom. The maximum atomic E-state index is 10.7. The Kier molecular flexibility index (Phi) is 10.5. The molecule has 2 rings (SSSR count). The lowest BCUT2D eigenvalue weighted by molar-refractivity contribution is -0.419. The van der Waals surface area contributed by atoms with Gasteiger partial charge in [0.25, 0.3) is 5.70 Å². The van der Waals surface area contributed by atoms with Crippen LogP contribution in [0.15, 0.2) is 23.9 Å². The third kappa shape index (κ3) is 9.44. The minimum absolute atomic E-state index is 0.178. The molecule has 0 spiro atoms. The highest BCUT2D eigenvalue weighted by atomic mass is 16.6. The van der Waals surface area contributed by atoms with Gasteiger partial charge in [0, 0.05) is 71.0 Å². The minimum atomic E-state index is -0.319. The molecule has 2 unspecified atom stereocenters. The van der Waals surface area contributed by atoms with Crippen LogP contribution in [0.4, 0.5) is 0 Å². The molecule has 0 aromatic carbocycles. The van der Waals surface area contributed by atoms with Crippen LogP contribution >= 0.6 is 0 Å². The first-order chi connectivity index (χ1) is 13.1. The molecule has 1 aliphatic heterocycles. The number of allylic oxidation sites excluding steroid dienone is 3. The van der Waals surface area contributed by atoms with Crippen LogP contribution in [0.3, 0.4) is 0 Å². The molecule has 0 radical (unpaired) electrons. The summed E-state index contributed by atoms with van der Waals surface area (Å²) >= 11 is 0. The fourth-order valence-electron chi connectivity index (χ4n) is 3.57. The van der Waals surface area contributed by atoms with Crippen molar-refractivity contribution in [3.05, 3.63) is 34.0 Å². The quantitative estimate of drug-likeness (QED) is 0.372. The third-order valence-electron chi connectivity index (χ3n) is 5.19. The first kappa shape index (κ1) is 22.0. The molecule has 0 amide bonds. The van der Waals surface area contributed by atoms with Crippen LogP contribution in [0.25, 0.3) is 0 Å². The molecule has 27 heavy (non-hydrogen) atoms. The Morgan fingerprint density at radius 3 is 2.33 bits per heavy atom. The van der Waals surface area contributed by atoms with Crippen molar-refractivity contribution in [3.8, 4) is 0 Å². The molecule has 8 heteroatoms. The highest BCUT2D eigenvalue weighted by Gasteiger charge is 2.16. The molecule has 8 nitrogen and oxygen atoms in total. The van der Waals surface area contributed by atoms with E-state index in [0.717, 1.165) is 84.6 Å². The third-order valence-corrected chi connectivity index (χ3v) is 5.19. The highest BCUT2D eigenvalue weighted by Crippen LogP contribution is 2.22. The SMILES string of the molecule is NC(CCCC1C=CC([N+](=O)[O-])=CC1)CN1CCNCCNCCNCC1. The van der Waals surface area contributed by atoms with E-state index < -0.39 is 0 Å². The smallest absolute Gasteiger partial charge is 0.265 e. The molecule has 154 valence electrons. The summed E-state index contributed by atoms with van der Waals surface area (Å²) in [6.45, 7) is 8.98. The van der Waals surface area contributed by atoms with Crippen molar-refractivity contribution >= 4 is 0 Å². The van der Waals surface area contributed by atoms with Gasteiger partial charge in [-0.05, 0) is 31.3 Å². The maximum Gasteiger partial charge on any atom is 0.265 e. The lowest BCUT2D eigenvalue weighted by Gasteiger charge is -2.27. The number of hydrogen-bond donors (Lipinski definition) is 4. The van der Waals surface area contributed by atoms with Crippen molar-refractivity contribution in [1.82, 2.24) is 20.9 Å². The molecule has 2 atom stereocenters. The van der Waals surface area contributed by atoms with Crippen LogP contribution in [-0.4, -0.2) is 74.8 Å². The molecule has 0 bridgehead atoms. The van der Waals surface area contributed by atoms with E-state index >= 15 is 0 Å². The average Bonchev–Trinajstić information content (AvgIpc) is 2.64. The molecule has 1 heterocycles. The number of hydrogen-bond acceptors (Lipinski definition) is 7. The molecule has 0 saturated carbocycles. The lowest BCUT2D eigenvalue weighted by Crippen LogP contribution is -2.45. The van der Waals surface area contributed by atoms with Gasteiger partial charge in [-0.25, -0.2) is 0 Å². The van der Waals surface area contributed by atoms with Gasteiger partial charge in [0.15, 0.2) is 0 Å². The van der Waals surface area contributed by atoms with Crippen LogP contribution in [0.1, 0.15) is 25.7 Å². The van der Waals surface area contributed by atoms with Crippen molar-refractivity contribution < 1.29 is 4.92 Å². The van der Waals surface area contributed by atoms with E-state index in [9.17, 15) is 10.1 Å². The Balaban J connectivity index is 1.63. The summed E-state index contributed by atoms with van der Waals surface area (Å²) in [5.41, 5.74) is 6.60. The van der Waals surface area contributed by atoms with Gasteiger partial charge < -0.3 is 21.7 Å². The fraction of sp³-hybridized carbons (Fsp3) is 0.789. The van der Waals surface area contributed by atoms with Gasteiger partial charge in [0.05, 0.1) is 4.92 Å². The van der Waals surface area contributed by atoms with Gasteiger partial charge in [-0.2, -0.15) is 0 Å². The van der Waals surface area contributed by atoms with E-state index in [4.69, 9.17) is 5.73 Å². The zero-order valence-electron chi connectivity index (χ0n) is 16.4. The number of rotatable bonds is 7. The van der Waals surface area contributed by atoms with Crippen molar-refractivity contribution in [2.75, 3.05) is 58.9 Å². The number of nitrogens with two attached hydrogens (primary N) is 1. The summed E-state index contributed by atoms with van der Waals surface area (Å²) in [5, 5.41) is 21.1. The van der Waals surface area contributed by atoms with E-state index in [1.54, 1.807) is 12.2 Å². The number of nitro groups is 1. The topological polar surface area (TPSA) is 108 Å². The van der Waals surface area contributed by atoms with Crippen LogP contribution in [0.5, 0.6) is 0 Å². The van der Waals surface area contributed by atoms with Gasteiger partial charge in [-0.3, -0.25) is 15.0 Å². The Morgan fingerprint density at radius 2 is 1.78 bits per heavy atom. The number of nitrogens with zero attached hydrogens (tertiary/aromatic N) is 2. The zero-order chi connectivity index (χ0) is 19.3. The van der Waals surface area contributed by atoms with Gasteiger partial charge >= 0.3 is 0 Å². The molecule has 0 aromatic rings. The van der Waals surface area contributed by atoms with E-state index in [2.05, 4.69) is 20.9 Å². The molecule has 0 aromatic heterocycles. The summed E-state index contributed by atoms with van der Waals surface area (Å²) in [6, 6.07) is 0.178. The predicted molar refractivity (Wildman–Crippen MR) is 109 cm³/mol. The van der Waals surface area contributed by atoms with Crippen LogP contribution < -0.4 is 21.7 Å². The van der Waals surface area contributed by atoms with Crippen molar-refractivity contribution in [2.24, 2.45) is 11.7 Å². The summed E-state index contributed by atoms with van der Waals surface area (Å²) in [7, 11) is 0. The predicted octanol–water partition coefficient (Wildman–Crippen LogP) is 0.305. The van der Waals surface area contributed by atoms with E-state index in [1.165, 1.54) is 0 Å². The summed E-state index contributed by atoms with van der Waals surface area (Å²) in [5.74, 6) is 0.407. The molecule has 2 aliphatic rings. The molecular formula is C19H36N6O2. The Bertz CT molecular complexity index is 485. The van der Waals surface area contributed by atoms with Crippen LogP contribution in [-0.2, 0) is 0 Å². The zero-order valence-corrected chi connectivity index (χ0v) is 16.4. The van der Waals surface area contributed by atoms with Crippen molar-refractivity contribution in [2.45, 2.75) is 31.7 Å². The van der Waals surface area contributed by atoms with Crippen LogP contribution in [0.2, 0.25) is 0 Å². The summed E-state index contributed by atoms with van der Waals surface area (Å²) in [4.78, 5) is 12.9. The Hall–Kier alpha value is -1.32. The summed E-state index contributed by atoms with van der Waals surface area (Å²) < 4.78 is 0. The monoisotopic (exact) mass is 380 g/mol. The minimum Gasteiger partial charge on any atom is -0.327 e. The molecule has 5 N–H and O–H groups in total. The molecule has 1 aliphatic carbocycles. The Labute approximate surface area is 162 Å². The number of nitrogens with one attached hydrogen (secondary N) is 3. The second-order valence-electron chi connectivity index (χ2n) is 7.48. The van der Waals surface area contributed by atoms with E-state index in [0.29, 0.717) is 5.92 Å². The largest absolute Gasteiger partial charge is 0.327 e. The first-order valence-electron chi connectivity index (χ1n) is 10.3. The van der Waals surface area contributed by atoms with E-state index in [-0.39, 0.29) is 16.7 Å². The fourth-order valence-corrected chi connectivity index (χ4v) is 3.57.